The van der Waals surface area contributed by atoms with Gasteiger partial charge in [-0.05, 0) is 29.2 Å². The van der Waals surface area contributed by atoms with Gasteiger partial charge in [-0.2, -0.15) is 5.26 Å². The van der Waals surface area contributed by atoms with E-state index in [0.717, 1.165) is 0 Å². The van der Waals surface area contributed by atoms with Crippen LogP contribution in [0, 0.1) is 10.7 Å². The molecule has 1 N–H and O–H groups in total. The van der Waals surface area contributed by atoms with Crippen LogP contribution in [0.4, 0.5) is 0 Å². The topological polar surface area (TPSA) is 62.5 Å². The van der Waals surface area contributed by atoms with Crippen LogP contribution in [-0.2, 0) is 0 Å². The lowest BCUT2D eigenvalue weighted by Crippen LogP contribution is -2.38. The van der Waals surface area contributed by atoms with Gasteiger partial charge < -0.3 is 14.6 Å². The summed E-state index contributed by atoms with van der Waals surface area (Å²) in [5.41, 5.74) is -2.41. The highest BCUT2D eigenvalue weighted by molar-refractivity contribution is 8.04. The first-order valence-electron chi connectivity index (χ1n) is 4.86. The van der Waals surface area contributed by atoms with E-state index in [9.17, 15) is 5.11 Å². The predicted molar refractivity (Wildman–Crippen MR) is 75.6 cm³/mol. The lowest BCUT2D eigenvalue weighted by molar-refractivity contribution is 0.0103. The molecule has 0 bridgehead atoms. The Morgan fingerprint density at radius 3 is 2.05 bits per heavy atom. The summed E-state index contributed by atoms with van der Waals surface area (Å²) in [4.78, 5) is 0.171. The van der Waals surface area contributed by atoms with Crippen LogP contribution in [-0.4, -0.2) is 55.2 Å². The molecule has 10 radical (unpaired) electrons. The van der Waals surface area contributed by atoms with Crippen molar-refractivity contribution in [1.29, 1.82) is 5.26 Å². The Bertz CT molecular complexity index is 460. The molecule has 19 heavy (non-hydrogen) atoms. The molecular weight excluding hydrogens is 256 g/mol. The summed E-state index contributed by atoms with van der Waals surface area (Å²) in [6, 6.07) is 4.37. The van der Waals surface area contributed by atoms with Gasteiger partial charge in [0.1, 0.15) is 50.9 Å². The Morgan fingerprint density at radius 1 is 1.11 bits per heavy atom. The number of nitriles is 1. The number of thiocyanates is 1. The quantitative estimate of drug-likeness (QED) is 0.321. The molecule has 0 fully saturated rings. The van der Waals surface area contributed by atoms with E-state index >= 15 is 0 Å². The summed E-state index contributed by atoms with van der Waals surface area (Å²) < 4.78 is 9.94. The Labute approximate surface area is 122 Å². The highest BCUT2D eigenvalue weighted by Crippen LogP contribution is 2.38. The third kappa shape index (κ3) is 5.62. The van der Waals surface area contributed by atoms with E-state index in [1.807, 2.05) is 5.40 Å². The highest BCUT2D eigenvalue weighted by atomic mass is 32.2. The van der Waals surface area contributed by atoms with Gasteiger partial charge >= 0.3 is 0 Å². The summed E-state index contributed by atoms with van der Waals surface area (Å²) in [6.45, 7) is 0. The van der Waals surface area contributed by atoms with Crippen molar-refractivity contribution >= 4 is 51.0 Å². The predicted octanol–water partition coefficient (Wildman–Crippen LogP) is -0.925. The summed E-state index contributed by atoms with van der Waals surface area (Å²) in [6.07, 6.45) is 0. The van der Waals surface area contributed by atoms with Gasteiger partial charge in [0.05, 0.1) is 0 Å². The fourth-order valence-corrected chi connectivity index (χ4v) is 1.68. The maximum absolute atomic E-state index is 9.21. The van der Waals surface area contributed by atoms with Gasteiger partial charge in [-0.1, -0.05) is 6.07 Å². The van der Waals surface area contributed by atoms with E-state index in [2.05, 4.69) is 0 Å². The van der Waals surface area contributed by atoms with Gasteiger partial charge in [0.2, 0.25) is 0 Å². The molecule has 0 aromatic heterocycles. The number of benzene rings is 1. The van der Waals surface area contributed by atoms with Gasteiger partial charge in [-0.25, -0.2) is 0 Å². The summed E-state index contributed by atoms with van der Waals surface area (Å²) in [7, 11) is 26.2. The van der Waals surface area contributed by atoms with Crippen LogP contribution in [0.15, 0.2) is 23.1 Å². The largest absolute Gasteiger partial charge is 0.514 e. The zero-order valence-electron chi connectivity index (χ0n) is 9.74. The fourth-order valence-electron chi connectivity index (χ4n) is 1.17. The van der Waals surface area contributed by atoms with Crippen molar-refractivity contribution in [3.8, 4) is 16.9 Å². The van der Waals surface area contributed by atoms with Crippen molar-refractivity contribution in [3.05, 3.63) is 18.2 Å². The number of aliphatic hydroxyl groups is 1. The molecule has 10 heteroatoms. The van der Waals surface area contributed by atoms with Crippen molar-refractivity contribution in [3.63, 3.8) is 0 Å². The maximum Gasteiger partial charge on any atom is 0.156 e. The van der Waals surface area contributed by atoms with Crippen molar-refractivity contribution in [2.75, 3.05) is 0 Å². The Balaban J connectivity index is 3.18. The fraction of sp³-hybridized carbons (Fsp3) is 0.222. The molecule has 4 nitrogen and oxygen atoms in total. The second kappa shape index (κ2) is 5.93. The highest BCUT2D eigenvalue weighted by Gasteiger charge is 2.21. The van der Waals surface area contributed by atoms with Crippen LogP contribution < -0.4 is 9.47 Å². The van der Waals surface area contributed by atoms with Gasteiger partial charge in [-0.3, -0.25) is 0 Å². The Kier molecular flexibility index (Phi) is 5.00. The maximum atomic E-state index is 9.21. The van der Waals surface area contributed by atoms with E-state index in [1.165, 1.54) is 18.2 Å². The van der Waals surface area contributed by atoms with E-state index in [1.54, 1.807) is 0 Å². The molecular formula is C9H4B5NO3S. The van der Waals surface area contributed by atoms with E-state index < -0.39 is 10.9 Å². The zero-order valence-corrected chi connectivity index (χ0v) is 10.6. The molecule has 84 valence electrons. The van der Waals surface area contributed by atoms with Gasteiger partial charge in [-0.15, -0.1) is 0 Å². The number of hydrogen-bond donors (Lipinski definition) is 1. The standard InChI is InChI=1S/C9H4B5NO3S/c10-8(11,12)17-5-2-1-3-6(7(5)19-4-15)18-9(13,14)16/h1-3,16H. The summed E-state index contributed by atoms with van der Waals surface area (Å²) in [5.74, 6) is 0.0987. The molecule has 0 amide bonds. The molecule has 0 saturated carbocycles. The zero-order chi connectivity index (χ0) is 14.7. The first-order valence-corrected chi connectivity index (χ1v) is 5.68. The molecule has 0 saturated heterocycles. The van der Waals surface area contributed by atoms with Crippen LogP contribution in [0.5, 0.6) is 11.5 Å². The minimum atomic E-state index is -2.41. The monoisotopic (exact) mass is 261 g/mol. The molecule has 0 atom stereocenters. The number of ether oxygens (including phenoxy) is 2. The molecule has 1 aromatic rings. The minimum Gasteiger partial charge on any atom is -0.514 e. The second-order valence-corrected chi connectivity index (χ2v) is 4.38. The van der Waals surface area contributed by atoms with Crippen molar-refractivity contribution in [2.24, 2.45) is 0 Å². The molecule has 1 rings (SSSR count). The first kappa shape index (κ1) is 16.0. The van der Waals surface area contributed by atoms with E-state index in [0.29, 0.717) is 11.8 Å². The Morgan fingerprint density at radius 2 is 1.63 bits per heavy atom. The first-order chi connectivity index (χ1) is 8.62. The number of nitrogens with zero attached hydrogens (tertiary/aromatic N) is 1. The van der Waals surface area contributed by atoms with Gasteiger partial charge in [0.15, 0.2) is 15.7 Å². The van der Waals surface area contributed by atoms with Gasteiger partial charge in [0.25, 0.3) is 0 Å². The van der Waals surface area contributed by atoms with Crippen molar-refractivity contribution < 1.29 is 14.6 Å². The summed E-state index contributed by atoms with van der Waals surface area (Å²) in [5, 5.41) is 17.8. The van der Waals surface area contributed by atoms with E-state index in [-0.39, 0.29) is 16.4 Å². The normalized spacial score (nSPS) is 11.6. The van der Waals surface area contributed by atoms with Crippen LogP contribution in [0.2, 0.25) is 0 Å². The third-order valence-corrected chi connectivity index (χ3v) is 2.35. The van der Waals surface area contributed by atoms with Crippen LogP contribution in [0.3, 0.4) is 0 Å². The average Bonchev–Trinajstić information content (AvgIpc) is 2.18. The molecule has 0 spiro atoms. The number of thioether (sulfide) groups is 1. The Hall–Kier alpha value is -1.06. The summed E-state index contributed by atoms with van der Waals surface area (Å²) >= 11 is 0.677. The minimum absolute atomic E-state index is 0.0146. The van der Waals surface area contributed by atoms with Gasteiger partial charge in [0, 0.05) is 0 Å². The molecule has 0 aliphatic rings. The van der Waals surface area contributed by atoms with Crippen LogP contribution in [0.1, 0.15) is 0 Å². The second-order valence-electron chi connectivity index (χ2n) is 3.59. The number of rotatable bonds is 5. The third-order valence-electron chi connectivity index (χ3n) is 1.65. The van der Waals surface area contributed by atoms with E-state index in [4.69, 9.17) is 54.0 Å². The molecule has 0 heterocycles. The smallest absolute Gasteiger partial charge is 0.156 e. The lowest BCUT2D eigenvalue weighted by Gasteiger charge is -2.27. The molecule has 0 aliphatic carbocycles. The van der Waals surface area contributed by atoms with Crippen LogP contribution in [0.25, 0.3) is 0 Å². The average molecular weight is 260 g/mol. The SMILES string of the molecule is [B]C([B])([B])Oc1cccc(OC([B])([B])O)c1SC#N. The molecule has 0 unspecified atom stereocenters. The molecule has 1 aromatic carbocycles. The molecule has 0 aliphatic heterocycles. The van der Waals surface area contributed by atoms with Crippen molar-refractivity contribution in [1.82, 2.24) is 0 Å². The number of hydrogen-bond acceptors (Lipinski definition) is 5. The van der Waals surface area contributed by atoms with Crippen molar-refractivity contribution in [2.45, 2.75) is 15.8 Å². The van der Waals surface area contributed by atoms with Crippen LogP contribution >= 0.6 is 11.8 Å². The lowest BCUT2D eigenvalue weighted by atomic mass is 9.52.